The Hall–Kier alpha value is -1.84. The van der Waals surface area contributed by atoms with Crippen LogP contribution in [0.5, 0.6) is 0 Å². The Morgan fingerprint density at radius 1 is 1.23 bits per heavy atom. The third-order valence-electron chi connectivity index (χ3n) is 4.36. The van der Waals surface area contributed by atoms with E-state index in [2.05, 4.69) is 17.4 Å². The summed E-state index contributed by atoms with van der Waals surface area (Å²) in [5.41, 5.74) is 3.73. The highest BCUT2D eigenvalue weighted by molar-refractivity contribution is 5.84. The van der Waals surface area contributed by atoms with Gasteiger partial charge >= 0.3 is 5.97 Å². The van der Waals surface area contributed by atoms with Crippen LogP contribution in [0.3, 0.4) is 0 Å². The Balaban J connectivity index is 1.53. The van der Waals surface area contributed by atoms with Crippen LogP contribution in [0.15, 0.2) is 18.2 Å². The van der Waals surface area contributed by atoms with Crippen molar-refractivity contribution in [1.82, 2.24) is 5.32 Å². The number of nitrogens with one attached hydrogen (secondary N) is 1. The molecule has 0 aromatic heterocycles. The number of benzene rings is 1. The molecule has 0 aliphatic heterocycles. The minimum Gasteiger partial charge on any atom is -0.452 e. The zero-order valence-electron chi connectivity index (χ0n) is 13.1. The van der Waals surface area contributed by atoms with E-state index < -0.39 is 6.10 Å². The van der Waals surface area contributed by atoms with Gasteiger partial charge in [0.05, 0.1) is 6.42 Å². The summed E-state index contributed by atoms with van der Waals surface area (Å²) >= 11 is 0. The summed E-state index contributed by atoms with van der Waals surface area (Å²) in [5, 5.41) is 2.85. The lowest BCUT2D eigenvalue weighted by Crippen LogP contribution is -2.37. The maximum absolute atomic E-state index is 12.0. The van der Waals surface area contributed by atoms with Gasteiger partial charge in [0.25, 0.3) is 5.91 Å². The van der Waals surface area contributed by atoms with E-state index in [0.717, 1.165) is 31.2 Å². The molecule has 2 aliphatic carbocycles. The molecule has 0 saturated heterocycles. The van der Waals surface area contributed by atoms with E-state index in [1.165, 1.54) is 24.0 Å². The summed E-state index contributed by atoms with van der Waals surface area (Å²) in [4.78, 5) is 23.8. The second-order valence-electron chi connectivity index (χ2n) is 6.40. The standard InChI is InChI=1S/C18H23NO3/c1-12(18(21)19-16-8-9-16)22-17(20)11-13-6-7-14-4-2-3-5-15(14)10-13/h6-7,10,12,16H,2-5,8-9,11H2,1H3,(H,19,21)/t12-/m1/s1. The minimum atomic E-state index is -0.717. The lowest BCUT2D eigenvalue weighted by molar-refractivity contribution is -0.154. The average Bonchev–Trinajstić information content (AvgIpc) is 3.31. The first-order valence-corrected chi connectivity index (χ1v) is 8.22. The van der Waals surface area contributed by atoms with E-state index in [1.807, 2.05) is 6.07 Å². The summed E-state index contributed by atoms with van der Waals surface area (Å²) in [6.45, 7) is 1.63. The monoisotopic (exact) mass is 301 g/mol. The summed E-state index contributed by atoms with van der Waals surface area (Å²) in [6, 6.07) is 6.53. The van der Waals surface area contributed by atoms with Crippen LogP contribution < -0.4 is 5.32 Å². The number of aryl methyl sites for hydroxylation is 2. The number of amides is 1. The highest BCUT2D eigenvalue weighted by Crippen LogP contribution is 2.22. The molecule has 22 heavy (non-hydrogen) atoms. The van der Waals surface area contributed by atoms with E-state index in [9.17, 15) is 9.59 Å². The first-order chi connectivity index (χ1) is 10.6. The average molecular weight is 301 g/mol. The Morgan fingerprint density at radius 3 is 2.68 bits per heavy atom. The fourth-order valence-corrected chi connectivity index (χ4v) is 2.90. The first kappa shape index (κ1) is 15.1. The number of hydrogen-bond acceptors (Lipinski definition) is 3. The fraction of sp³-hybridized carbons (Fsp3) is 0.556. The van der Waals surface area contributed by atoms with Gasteiger partial charge in [-0.15, -0.1) is 0 Å². The van der Waals surface area contributed by atoms with Crippen LogP contribution in [0, 0.1) is 0 Å². The zero-order chi connectivity index (χ0) is 15.5. The van der Waals surface area contributed by atoms with Gasteiger partial charge in [0.2, 0.25) is 0 Å². The summed E-state index contributed by atoms with van der Waals surface area (Å²) in [5.74, 6) is -0.532. The van der Waals surface area contributed by atoms with Crippen LogP contribution in [0.4, 0.5) is 0 Å². The van der Waals surface area contributed by atoms with E-state index >= 15 is 0 Å². The van der Waals surface area contributed by atoms with Gasteiger partial charge in [-0.2, -0.15) is 0 Å². The minimum absolute atomic E-state index is 0.193. The van der Waals surface area contributed by atoms with Crippen LogP contribution in [0.2, 0.25) is 0 Å². The van der Waals surface area contributed by atoms with Gasteiger partial charge in [-0.05, 0) is 62.1 Å². The molecule has 1 N–H and O–H groups in total. The molecule has 2 aliphatic rings. The molecule has 0 bridgehead atoms. The quantitative estimate of drug-likeness (QED) is 0.849. The molecule has 1 amide bonds. The second kappa shape index (κ2) is 6.51. The van der Waals surface area contributed by atoms with Gasteiger partial charge in [0.15, 0.2) is 6.10 Å². The predicted molar refractivity (Wildman–Crippen MR) is 83.5 cm³/mol. The Labute approximate surface area is 131 Å². The van der Waals surface area contributed by atoms with Gasteiger partial charge in [0, 0.05) is 6.04 Å². The van der Waals surface area contributed by atoms with Crippen molar-refractivity contribution in [2.24, 2.45) is 0 Å². The van der Waals surface area contributed by atoms with Crippen molar-refractivity contribution < 1.29 is 14.3 Å². The van der Waals surface area contributed by atoms with E-state index in [0.29, 0.717) is 0 Å². The molecule has 1 atom stereocenters. The number of ether oxygens (including phenoxy) is 1. The Kier molecular flexibility index (Phi) is 4.46. The molecular formula is C18H23NO3. The number of hydrogen-bond donors (Lipinski definition) is 1. The molecule has 1 fully saturated rings. The van der Waals surface area contributed by atoms with Crippen molar-refractivity contribution >= 4 is 11.9 Å². The topological polar surface area (TPSA) is 55.4 Å². The smallest absolute Gasteiger partial charge is 0.311 e. The lowest BCUT2D eigenvalue weighted by Gasteiger charge is -2.17. The van der Waals surface area contributed by atoms with E-state index in [4.69, 9.17) is 4.74 Å². The molecule has 1 saturated carbocycles. The van der Waals surface area contributed by atoms with Crippen LogP contribution >= 0.6 is 0 Å². The molecule has 0 radical (unpaired) electrons. The van der Waals surface area contributed by atoms with Crippen LogP contribution in [-0.2, 0) is 33.6 Å². The number of carbonyl (C=O) groups excluding carboxylic acids is 2. The van der Waals surface area contributed by atoms with Crippen molar-refractivity contribution in [2.75, 3.05) is 0 Å². The van der Waals surface area contributed by atoms with Crippen molar-refractivity contribution in [3.8, 4) is 0 Å². The van der Waals surface area contributed by atoms with Crippen molar-refractivity contribution in [3.63, 3.8) is 0 Å². The van der Waals surface area contributed by atoms with Crippen LogP contribution in [-0.4, -0.2) is 24.0 Å². The van der Waals surface area contributed by atoms with Crippen LogP contribution in [0.25, 0.3) is 0 Å². The van der Waals surface area contributed by atoms with E-state index in [1.54, 1.807) is 6.92 Å². The highest BCUT2D eigenvalue weighted by Gasteiger charge is 2.27. The molecule has 0 heterocycles. The molecule has 0 unspecified atom stereocenters. The molecule has 1 aromatic rings. The van der Waals surface area contributed by atoms with Gasteiger partial charge in [-0.25, -0.2) is 0 Å². The van der Waals surface area contributed by atoms with E-state index in [-0.39, 0.29) is 24.3 Å². The molecule has 4 nitrogen and oxygen atoms in total. The number of esters is 1. The lowest BCUT2D eigenvalue weighted by atomic mass is 9.90. The number of fused-ring (bicyclic) bond motifs is 1. The third-order valence-corrected chi connectivity index (χ3v) is 4.36. The van der Waals surface area contributed by atoms with Gasteiger partial charge in [-0.1, -0.05) is 18.2 Å². The van der Waals surface area contributed by atoms with Crippen molar-refractivity contribution in [1.29, 1.82) is 0 Å². The van der Waals surface area contributed by atoms with Crippen molar-refractivity contribution in [3.05, 3.63) is 34.9 Å². The van der Waals surface area contributed by atoms with Gasteiger partial charge < -0.3 is 10.1 Å². The molecule has 3 rings (SSSR count). The largest absolute Gasteiger partial charge is 0.452 e. The Morgan fingerprint density at radius 2 is 1.95 bits per heavy atom. The van der Waals surface area contributed by atoms with Crippen molar-refractivity contribution in [2.45, 2.75) is 64.0 Å². The summed E-state index contributed by atoms with van der Waals surface area (Å²) < 4.78 is 5.24. The zero-order valence-corrected chi connectivity index (χ0v) is 13.1. The normalized spacial score (nSPS) is 18.2. The second-order valence-corrected chi connectivity index (χ2v) is 6.40. The SMILES string of the molecule is C[C@@H](OC(=O)Cc1ccc2c(c1)CCCC2)C(=O)NC1CC1. The number of carbonyl (C=O) groups is 2. The summed E-state index contributed by atoms with van der Waals surface area (Å²) in [6.07, 6.45) is 6.28. The Bertz CT molecular complexity index is 578. The van der Waals surface area contributed by atoms with Gasteiger partial charge in [-0.3, -0.25) is 9.59 Å². The maximum atomic E-state index is 12.0. The molecule has 118 valence electrons. The highest BCUT2D eigenvalue weighted by atomic mass is 16.5. The maximum Gasteiger partial charge on any atom is 0.311 e. The third kappa shape index (κ3) is 3.87. The fourth-order valence-electron chi connectivity index (χ4n) is 2.90. The first-order valence-electron chi connectivity index (χ1n) is 8.22. The molecule has 1 aromatic carbocycles. The molecule has 0 spiro atoms. The van der Waals surface area contributed by atoms with Crippen LogP contribution in [0.1, 0.15) is 49.3 Å². The van der Waals surface area contributed by atoms with Gasteiger partial charge in [0.1, 0.15) is 0 Å². The molecular weight excluding hydrogens is 278 g/mol. The molecule has 4 heteroatoms. The number of rotatable bonds is 5. The summed E-state index contributed by atoms with van der Waals surface area (Å²) in [7, 11) is 0. The predicted octanol–water partition coefficient (Wildman–Crippen LogP) is 2.32.